The van der Waals surface area contributed by atoms with E-state index in [2.05, 4.69) is 0 Å². The standard InChI is InChI=1S/C14H22N4O9/c15-6(1-4-10(20)21)12(24)18-8(5-11(22)23)13(25)17-7(14(26)27)2-3-9(16)19/h6-8H,1-5,15H2,(H2,16,19)(H,17,25)(H,18,24)(H,20,21)(H,22,23)(H,26,27)/t6-,7-,8-/m0/s1. The molecule has 0 aliphatic heterocycles. The van der Waals surface area contributed by atoms with Crippen LogP contribution in [0.25, 0.3) is 0 Å². The summed E-state index contributed by atoms with van der Waals surface area (Å²) in [5.41, 5.74) is 10.4. The lowest BCUT2D eigenvalue weighted by Gasteiger charge is -2.21. The number of carbonyl (C=O) groups excluding carboxylic acids is 3. The highest BCUT2D eigenvalue weighted by Gasteiger charge is 2.29. The van der Waals surface area contributed by atoms with Gasteiger partial charge in [0.2, 0.25) is 17.7 Å². The van der Waals surface area contributed by atoms with Gasteiger partial charge >= 0.3 is 17.9 Å². The van der Waals surface area contributed by atoms with Crippen LogP contribution in [0.3, 0.4) is 0 Å². The zero-order chi connectivity index (χ0) is 21.1. The number of amides is 3. The maximum Gasteiger partial charge on any atom is 0.326 e. The Morgan fingerprint density at radius 3 is 1.78 bits per heavy atom. The van der Waals surface area contributed by atoms with Crippen molar-refractivity contribution < 1.29 is 44.1 Å². The Kier molecular flexibility index (Phi) is 10.0. The van der Waals surface area contributed by atoms with Crippen molar-refractivity contribution in [2.45, 2.75) is 50.2 Å². The SMILES string of the molecule is NC(=O)CC[C@H](NC(=O)[C@H](CC(=O)O)NC(=O)[C@@H](N)CCC(=O)O)C(=O)O. The molecule has 0 saturated carbocycles. The second-order valence-electron chi connectivity index (χ2n) is 5.60. The number of carbonyl (C=O) groups is 6. The summed E-state index contributed by atoms with van der Waals surface area (Å²) in [6.45, 7) is 0. The summed E-state index contributed by atoms with van der Waals surface area (Å²) in [5, 5.41) is 30.5. The number of carboxylic acids is 3. The van der Waals surface area contributed by atoms with Crippen molar-refractivity contribution in [1.82, 2.24) is 10.6 Å². The molecular weight excluding hydrogens is 368 g/mol. The van der Waals surface area contributed by atoms with Gasteiger partial charge in [-0.25, -0.2) is 4.79 Å². The Balaban J connectivity index is 5.03. The first-order valence-corrected chi connectivity index (χ1v) is 7.75. The van der Waals surface area contributed by atoms with Gasteiger partial charge in [-0.3, -0.25) is 24.0 Å². The Hall–Kier alpha value is -3.22. The third kappa shape index (κ3) is 10.4. The molecule has 0 rings (SSSR count). The predicted octanol–water partition coefficient (Wildman–Crippen LogP) is -3.03. The zero-order valence-electron chi connectivity index (χ0n) is 14.2. The molecule has 0 bridgehead atoms. The molecule has 0 fully saturated rings. The lowest BCUT2D eigenvalue weighted by atomic mass is 10.1. The molecule has 0 radical (unpaired) electrons. The van der Waals surface area contributed by atoms with E-state index in [9.17, 15) is 28.8 Å². The summed E-state index contributed by atoms with van der Waals surface area (Å²) in [6, 6.07) is -4.49. The van der Waals surface area contributed by atoms with E-state index in [-0.39, 0.29) is 19.3 Å². The summed E-state index contributed by atoms with van der Waals surface area (Å²) in [6.07, 6.45) is -2.21. The first-order chi connectivity index (χ1) is 12.4. The molecule has 9 N–H and O–H groups in total. The van der Waals surface area contributed by atoms with Gasteiger partial charge in [0.15, 0.2) is 0 Å². The molecule has 0 saturated heterocycles. The molecule has 0 aliphatic rings. The van der Waals surface area contributed by atoms with Gasteiger partial charge in [0.25, 0.3) is 0 Å². The molecule has 13 nitrogen and oxygen atoms in total. The van der Waals surface area contributed by atoms with Gasteiger partial charge in [-0.05, 0) is 12.8 Å². The third-order valence-electron chi connectivity index (χ3n) is 3.31. The number of primary amides is 1. The van der Waals surface area contributed by atoms with Crippen molar-refractivity contribution in [3.8, 4) is 0 Å². The van der Waals surface area contributed by atoms with Gasteiger partial charge in [0.1, 0.15) is 12.1 Å². The molecule has 13 heteroatoms. The van der Waals surface area contributed by atoms with Crippen LogP contribution in [0.5, 0.6) is 0 Å². The second-order valence-corrected chi connectivity index (χ2v) is 5.60. The predicted molar refractivity (Wildman–Crippen MR) is 87.0 cm³/mol. The molecule has 0 aromatic heterocycles. The van der Waals surface area contributed by atoms with Crippen molar-refractivity contribution in [1.29, 1.82) is 0 Å². The molecular formula is C14H22N4O9. The minimum absolute atomic E-state index is 0.251. The molecule has 0 spiro atoms. The monoisotopic (exact) mass is 390 g/mol. The number of hydrogen-bond acceptors (Lipinski definition) is 7. The minimum Gasteiger partial charge on any atom is -0.481 e. The molecule has 0 aliphatic carbocycles. The quantitative estimate of drug-likeness (QED) is 0.168. The average molecular weight is 390 g/mol. The normalized spacial score (nSPS) is 13.7. The fourth-order valence-electron chi connectivity index (χ4n) is 1.89. The molecule has 3 atom stereocenters. The van der Waals surface area contributed by atoms with E-state index in [1.807, 2.05) is 10.6 Å². The van der Waals surface area contributed by atoms with E-state index < -0.39 is 66.6 Å². The smallest absolute Gasteiger partial charge is 0.326 e. The lowest BCUT2D eigenvalue weighted by molar-refractivity contribution is -0.143. The van der Waals surface area contributed by atoms with Crippen molar-refractivity contribution >= 4 is 35.6 Å². The second kappa shape index (κ2) is 11.4. The van der Waals surface area contributed by atoms with Gasteiger partial charge in [-0.1, -0.05) is 0 Å². The van der Waals surface area contributed by atoms with Crippen molar-refractivity contribution in [2.24, 2.45) is 11.5 Å². The fourth-order valence-corrected chi connectivity index (χ4v) is 1.89. The molecule has 0 aromatic carbocycles. The fraction of sp³-hybridized carbons (Fsp3) is 0.571. The first kappa shape index (κ1) is 23.8. The number of aliphatic carboxylic acids is 3. The highest BCUT2D eigenvalue weighted by molar-refractivity contribution is 5.94. The van der Waals surface area contributed by atoms with Crippen LogP contribution in [-0.4, -0.2) is 69.1 Å². The van der Waals surface area contributed by atoms with Crippen LogP contribution in [-0.2, 0) is 28.8 Å². The Labute approximate surface area is 153 Å². The largest absolute Gasteiger partial charge is 0.481 e. The van der Waals surface area contributed by atoms with Gasteiger partial charge < -0.3 is 37.4 Å². The lowest BCUT2D eigenvalue weighted by Crippen LogP contribution is -2.55. The Bertz CT molecular complexity index is 607. The number of nitrogens with one attached hydrogen (secondary N) is 2. The molecule has 27 heavy (non-hydrogen) atoms. The summed E-state index contributed by atoms with van der Waals surface area (Å²) < 4.78 is 0. The van der Waals surface area contributed by atoms with Crippen LogP contribution < -0.4 is 22.1 Å². The molecule has 0 heterocycles. The number of hydrogen-bond donors (Lipinski definition) is 7. The van der Waals surface area contributed by atoms with E-state index in [1.54, 1.807) is 0 Å². The van der Waals surface area contributed by atoms with Crippen LogP contribution in [0.1, 0.15) is 32.1 Å². The Morgan fingerprint density at radius 1 is 0.778 bits per heavy atom. The molecule has 3 amide bonds. The average Bonchev–Trinajstić information content (AvgIpc) is 2.54. The van der Waals surface area contributed by atoms with Crippen LogP contribution in [0.4, 0.5) is 0 Å². The first-order valence-electron chi connectivity index (χ1n) is 7.75. The summed E-state index contributed by atoms with van der Waals surface area (Å²) >= 11 is 0. The Morgan fingerprint density at radius 2 is 1.33 bits per heavy atom. The summed E-state index contributed by atoms with van der Waals surface area (Å²) in [5.74, 6) is -7.02. The summed E-state index contributed by atoms with van der Waals surface area (Å²) in [4.78, 5) is 67.3. The van der Waals surface area contributed by atoms with Crippen LogP contribution in [0.2, 0.25) is 0 Å². The van der Waals surface area contributed by atoms with Crippen molar-refractivity contribution in [3.05, 3.63) is 0 Å². The van der Waals surface area contributed by atoms with Crippen LogP contribution >= 0.6 is 0 Å². The number of carboxylic acid groups (broad SMARTS) is 3. The van der Waals surface area contributed by atoms with E-state index in [4.69, 9.17) is 26.8 Å². The minimum atomic E-state index is -1.65. The van der Waals surface area contributed by atoms with Gasteiger partial charge in [0, 0.05) is 12.8 Å². The topological polar surface area (TPSA) is 239 Å². The molecule has 152 valence electrons. The maximum atomic E-state index is 12.2. The third-order valence-corrected chi connectivity index (χ3v) is 3.31. The van der Waals surface area contributed by atoms with Crippen molar-refractivity contribution in [3.63, 3.8) is 0 Å². The van der Waals surface area contributed by atoms with E-state index >= 15 is 0 Å². The molecule has 0 aromatic rings. The zero-order valence-corrected chi connectivity index (χ0v) is 14.2. The number of rotatable bonds is 13. The van der Waals surface area contributed by atoms with Gasteiger partial charge in [-0.15, -0.1) is 0 Å². The van der Waals surface area contributed by atoms with E-state index in [0.29, 0.717) is 0 Å². The maximum absolute atomic E-state index is 12.2. The van der Waals surface area contributed by atoms with E-state index in [0.717, 1.165) is 0 Å². The van der Waals surface area contributed by atoms with Gasteiger partial charge in [-0.2, -0.15) is 0 Å². The van der Waals surface area contributed by atoms with E-state index in [1.165, 1.54) is 0 Å². The highest BCUT2D eigenvalue weighted by Crippen LogP contribution is 2.02. The van der Waals surface area contributed by atoms with Crippen molar-refractivity contribution in [2.75, 3.05) is 0 Å². The summed E-state index contributed by atoms with van der Waals surface area (Å²) in [7, 11) is 0. The van der Waals surface area contributed by atoms with Crippen LogP contribution in [0, 0.1) is 0 Å². The molecule has 0 unspecified atom stereocenters. The van der Waals surface area contributed by atoms with Crippen LogP contribution in [0.15, 0.2) is 0 Å². The highest BCUT2D eigenvalue weighted by atomic mass is 16.4. The van der Waals surface area contributed by atoms with Gasteiger partial charge in [0.05, 0.1) is 12.5 Å². The number of nitrogens with two attached hydrogens (primary N) is 2.